The maximum Gasteiger partial charge on any atom is 0.343 e. The Morgan fingerprint density at radius 3 is 2.43 bits per heavy atom. The van der Waals surface area contributed by atoms with E-state index >= 15 is 0 Å². The first-order chi connectivity index (χ1) is 16.8. The molecule has 0 N–H and O–H groups in total. The molecule has 0 bridgehead atoms. The molecule has 9 heteroatoms. The number of carbonyl (C=O) groups is 3. The topological polar surface area (TPSA) is 72.9 Å². The molecule has 1 fully saturated rings. The Hall–Kier alpha value is -3.62. The van der Waals surface area contributed by atoms with Crippen LogP contribution in [0.5, 0.6) is 11.5 Å². The van der Waals surface area contributed by atoms with Gasteiger partial charge in [0.05, 0.1) is 23.6 Å². The van der Waals surface area contributed by atoms with Crippen molar-refractivity contribution in [2.75, 3.05) is 6.61 Å². The van der Waals surface area contributed by atoms with Crippen LogP contribution in [0.25, 0.3) is 6.08 Å². The molecule has 6 nitrogen and oxygen atoms in total. The number of ether oxygens (including phenoxy) is 2. The summed E-state index contributed by atoms with van der Waals surface area (Å²) in [4.78, 5) is 39.2. The lowest BCUT2D eigenvalue weighted by molar-refractivity contribution is -0.123. The average molecular weight is 512 g/mol. The van der Waals surface area contributed by atoms with Gasteiger partial charge >= 0.3 is 5.97 Å². The van der Waals surface area contributed by atoms with Crippen molar-refractivity contribution < 1.29 is 28.2 Å². The fourth-order valence-corrected chi connectivity index (χ4v) is 4.24. The van der Waals surface area contributed by atoms with Crippen molar-refractivity contribution in [1.29, 1.82) is 0 Å². The molecule has 178 valence electrons. The van der Waals surface area contributed by atoms with Gasteiger partial charge in [-0.25, -0.2) is 9.18 Å². The Balaban J connectivity index is 1.52. The molecule has 2 amide bonds. The fraction of sp³-hybridized carbons (Fsp3) is 0.115. The summed E-state index contributed by atoms with van der Waals surface area (Å²) in [5.41, 5.74) is 1.56. The van der Waals surface area contributed by atoms with Crippen LogP contribution < -0.4 is 9.47 Å². The molecule has 0 aliphatic carbocycles. The number of thioether (sulfide) groups is 1. The predicted octanol–water partition coefficient (Wildman–Crippen LogP) is 6.33. The maximum absolute atomic E-state index is 13.1. The summed E-state index contributed by atoms with van der Waals surface area (Å²) in [5.74, 6) is -1.06. The van der Waals surface area contributed by atoms with Crippen molar-refractivity contribution in [3.05, 3.63) is 99.2 Å². The third-order valence-corrected chi connectivity index (χ3v) is 6.13. The molecule has 0 atom stereocenters. The van der Waals surface area contributed by atoms with Crippen molar-refractivity contribution in [1.82, 2.24) is 4.90 Å². The van der Waals surface area contributed by atoms with E-state index in [1.54, 1.807) is 49.4 Å². The zero-order chi connectivity index (χ0) is 24.9. The third kappa shape index (κ3) is 5.90. The SMILES string of the molecule is CCOc1cc(/C=C2\SC(=O)N(Cc3ccc(Cl)cc3)C2=O)ccc1OC(=O)c1ccc(F)cc1. The second-order valence-corrected chi connectivity index (χ2v) is 8.86. The molecule has 4 rings (SSSR count). The van der Waals surface area contributed by atoms with Crippen LogP contribution >= 0.6 is 23.4 Å². The molecule has 0 radical (unpaired) electrons. The van der Waals surface area contributed by atoms with Gasteiger partial charge in [-0.05, 0) is 84.4 Å². The smallest absolute Gasteiger partial charge is 0.343 e. The first-order valence-electron chi connectivity index (χ1n) is 10.6. The molecule has 1 aliphatic heterocycles. The van der Waals surface area contributed by atoms with E-state index in [1.807, 2.05) is 0 Å². The molecule has 0 aromatic heterocycles. The monoisotopic (exact) mass is 511 g/mol. The molecule has 1 heterocycles. The lowest BCUT2D eigenvalue weighted by Crippen LogP contribution is -2.27. The van der Waals surface area contributed by atoms with Crippen LogP contribution in [0, 0.1) is 5.82 Å². The van der Waals surface area contributed by atoms with E-state index in [9.17, 15) is 18.8 Å². The van der Waals surface area contributed by atoms with Crippen molar-refractivity contribution in [3.8, 4) is 11.5 Å². The Morgan fingerprint density at radius 2 is 1.74 bits per heavy atom. The molecule has 1 saturated heterocycles. The molecule has 0 saturated carbocycles. The highest BCUT2D eigenvalue weighted by Crippen LogP contribution is 2.35. The number of rotatable bonds is 7. The van der Waals surface area contributed by atoms with E-state index in [1.165, 1.54) is 35.2 Å². The van der Waals surface area contributed by atoms with Gasteiger partial charge in [-0.3, -0.25) is 14.5 Å². The number of imide groups is 1. The molecular formula is C26H19ClFNO5S. The highest BCUT2D eigenvalue weighted by molar-refractivity contribution is 8.18. The van der Waals surface area contributed by atoms with Gasteiger partial charge in [0.15, 0.2) is 11.5 Å². The van der Waals surface area contributed by atoms with Gasteiger partial charge in [0.25, 0.3) is 11.1 Å². The number of halogens is 2. The predicted molar refractivity (Wildman–Crippen MR) is 132 cm³/mol. The van der Waals surface area contributed by atoms with Crippen molar-refractivity contribution >= 4 is 46.6 Å². The molecule has 0 unspecified atom stereocenters. The van der Waals surface area contributed by atoms with Crippen LogP contribution in [0.1, 0.15) is 28.4 Å². The summed E-state index contributed by atoms with van der Waals surface area (Å²) in [6, 6.07) is 16.7. The normalized spacial score (nSPS) is 14.5. The van der Waals surface area contributed by atoms with E-state index in [2.05, 4.69) is 0 Å². The zero-order valence-electron chi connectivity index (χ0n) is 18.5. The minimum absolute atomic E-state index is 0.141. The summed E-state index contributed by atoms with van der Waals surface area (Å²) >= 11 is 6.74. The Labute approximate surface area is 210 Å². The van der Waals surface area contributed by atoms with Crippen LogP contribution in [-0.4, -0.2) is 28.6 Å². The second kappa shape index (κ2) is 10.8. The van der Waals surface area contributed by atoms with Gasteiger partial charge in [-0.1, -0.05) is 29.8 Å². The van der Waals surface area contributed by atoms with Crippen LogP contribution in [0.15, 0.2) is 71.6 Å². The average Bonchev–Trinajstić information content (AvgIpc) is 3.10. The van der Waals surface area contributed by atoms with Gasteiger partial charge < -0.3 is 9.47 Å². The molecule has 35 heavy (non-hydrogen) atoms. The molecule has 3 aromatic rings. The zero-order valence-corrected chi connectivity index (χ0v) is 20.1. The minimum Gasteiger partial charge on any atom is -0.490 e. The summed E-state index contributed by atoms with van der Waals surface area (Å²) in [6.45, 7) is 2.23. The molecule has 1 aliphatic rings. The highest BCUT2D eigenvalue weighted by Gasteiger charge is 2.35. The first-order valence-corrected chi connectivity index (χ1v) is 11.8. The van der Waals surface area contributed by atoms with E-state index in [4.69, 9.17) is 21.1 Å². The minimum atomic E-state index is -0.665. The van der Waals surface area contributed by atoms with Gasteiger partial charge in [-0.15, -0.1) is 0 Å². The van der Waals surface area contributed by atoms with Crippen molar-refractivity contribution in [2.45, 2.75) is 13.5 Å². The van der Waals surface area contributed by atoms with Crippen molar-refractivity contribution in [3.63, 3.8) is 0 Å². The number of carbonyl (C=O) groups excluding carboxylic acids is 3. The lowest BCUT2D eigenvalue weighted by Gasteiger charge is -2.12. The second-order valence-electron chi connectivity index (χ2n) is 7.43. The van der Waals surface area contributed by atoms with Crippen LogP contribution in [0.4, 0.5) is 9.18 Å². The molecule has 3 aromatic carbocycles. The first kappa shape index (κ1) is 24.5. The largest absolute Gasteiger partial charge is 0.490 e. The van der Waals surface area contributed by atoms with E-state index < -0.39 is 17.7 Å². The number of nitrogens with zero attached hydrogens (tertiary/aromatic N) is 1. The number of hydrogen-bond donors (Lipinski definition) is 0. The summed E-state index contributed by atoms with van der Waals surface area (Å²) in [5, 5.41) is 0.200. The van der Waals surface area contributed by atoms with Crippen LogP contribution in [-0.2, 0) is 11.3 Å². The standard InChI is InChI=1S/C26H19ClFNO5S/c1-2-33-22-13-17(5-12-21(22)34-25(31)18-6-10-20(28)11-7-18)14-23-24(30)29(26(32)35-23)15-16-3-8-19(27)9-4-16/h3-14H,2,15H2,1H3/b23-14-. The number of hydrogen-bond acceptors (Lipinski definition) is 6. The Bertz CT molecular complexity index is 1310. The lowest BCUT2D eigenvalue weighted by atomic mass is 10.1. The fourth-order valence-electron chi connectivity index (χ4n) is 3.27. The van der Waals surface area contributed by atoms with Gasteiger partial charge in [0.2, 0.25) is 0 Å². The van der Waals surface area contributed by atoms with Gasteiger partial charge in [0.1, 0.15) is 5.82 Å². The van der Waals surface area contributed by atoms with Gasteiger partial charge in [-0.2, -0.15) is 0 Å². The molecule has 0 spiro atoms. The van der Waals surface area contributed by atoms with E-state index in [0.717, 1.165) is 17.3 Å². The van der Waals surface area contributed by atoms with Crippen LogP contribution in [0.3, 0.4) is 0 Å². The summed E-state index contributed by atoms with van der Waals surface area (Å²) < 4.78 is 24.2. The van der Waals surface area contributed by atoms with Gasteiger partial charge in [0, 0.05) is 5.02 Å². The Morgan fingerprint density at radius 1 is 1.03 bits per heavy atom. The van der Waals surface area contributed by atoms with Crippen LogP contribution in [0.2, 0.25) is 5.02 Å². The summed E-state index contributed by atoms with van der Waals surface area (Å²) in [7, 11) is 0. The molecular weight excluding hydrogens is 493 g/mol. The van der Waals surface area contributed by atoms with E-state index in [-0.39, 0.29) is 33.8 Å². The Kier molecular flexibility index (Phi) is 7.53. The number of benzene rings is 3. The third-order valence-electron chi connectivity index (χ3n) is 4.98. The quantitative estimate of drug-likeness (QED) is 0.209. The summed E-state index contributed by atoms with van der Waals surface area (Å²) in [6.07, 6.45) is 1.58. The highest BCUT2D eigenvalue weighted by atomic mass is 35.5. The maximum atomic E-state index is 13.1. The number of amides is 2. The number of esters is 1. The van der Waals surface area contributed by atoms with Crippen molar-refractivity contribution in [2.24, 2.45) is 0 Å². The van der Waals surface area contributed by atoms with E-state index in [0.29, 0.717) is 17.2 Å².